The number of piperidine rings is 1. The number of rotatable bonds is 6. The molecule has 0 unspecified atom stereocenters. The molecule has 2 aromatic heterocycles. The zero-order valence-electron chi connectivity index (χ0n) is 21.1. The number of benzene rings is 2. The van der Waals surface area contributed by atoms with Crippen molar-refractivity contribution in [3.05, 3.63) is 81.0 Å². The first kappa shape index (κ1) is 24.4. The molecule has 0 spiro atoms. The number of imidazole rings is 1. The average Bonchev–Trinajstić information content (AvgIpc) is 3.30. The number of para-hydroxylation sites is 1. The summed E-state index contributed by atoms with van der Waals surface area (Å²) in [4.78, 5) is 34.9. The Balaban J connectivity index is 1.81. The van der Waals surface area contributed by atoms with Crippen molar-refractivity contribution in [3.8, 4) is 23.3 Å². The van der Waals surface area contributed by atoms with E-state index in [-0.39, 0.29) is 19.1 Å². The molecule has 190 valence electrons. The van der Waals surface area contributed by atoms with E-state index in [1.54, 1.807) is 14.0 Å². The number of ether oxygens (including phenoxy) is 1. The molecule has 0 aliphatic carbocycles. The molecule has 0 amide bonds. The van der Waals surface area contributed by atoms with Gasteiger partial charge in [-0.15, -0.1) is 5.92 Å². The number of hydrogen-bond acceptors (Lipinski definition) is 6. The molecular weight excluding hydrogens is 468 g/mol. The fourth-order valence-electron chi connectivity index (χ4n) is 4.87. The Kier molecular flexibility index (Phi) is 6.84. The summed E-state index contributed by atoms with van der Waals surface area (Å²) in [6.45, 7) is 3.51. The van der Waals surface area contributed by atoms with Crippen LogP contribution in [0, 0.1) is 11.8 Å². The maximum atomic E-state index is 14.0. The third-order valence-corrected chi connectivity index (χ3v) is 6.65. The van der Waals surface area contributed by atoms with Crippen molar-refractivity contribution in [1.29, 1.82) is 0 Å². The molecule has 2 N–H and O–H groups in total. The van der Waals surface area contributed by atoms with Gasteiger partial charge >= 0.3 is 5.69 Å². The van der Waals surface area contributed by atoms with Gasteiger partial charge < -0.3 is 15.4 Å². The molecule has 4 aromatic rings. The normalized spacial score (nSPS) is 15.4. The van der Waals surface area contributed by atoms with E-state index >= 15 is 0 Å². The lowest BCUT2D eigenvalue weighted by molar-refractivity contribution is 0.414. The standard InChI is InChI=1S/C28H30N6O3/c1-3-4-16-32-24-25(30-27(32)31-15-9-11-21(29)19-31)34(22-12-6-5-7-13-22)28(36)33(26(24)35)18-20-10-8-14-23(17-20)37-2/h5-8,10,12-14,17,21H,9,11,15-16,18-19,29H2,1-2H3/t21-/m1/s1. The molecule has 5 rings (SSSR count). The van der Waals surface area contributed by atoms with Crippen molar-refractivity contribution in [2.75, 3.05) is 25.1 Å². The molecule has 1 saturated heterocycles. The van der Waals surface area contributed by atoms with Crippen LogP contribution in [0.15, 0.2) is 64.2 Å². The van der Waals surface area contributed by atoms with Gasteiger partial charge in [-0.25, -0.2) is 9.36 Å². The monoisotopic (exact) mass is 498 g/mol. The summed E-state index contributed by atoms with van der Waals surface area (Å²) in [6.07, 6.45) is 1.86. The first-order chi connectivity index (χ1) is 18.0. The van der Waals surface area contributed by atoms with Crippen molar-refractivity contribution in [2.45, 2.75) is 38.9 Å². The quantitative estimate of drug-likeness (QED) is 0.410. The third kappa shape index (κ3) is 4.63. The van der Waals surface area contributed by atoms with Crippen molar-refractivity contribution in [1.82, 2.24) is 18.7 Å². The fraction of sp³-hybridized carbons (Fsp3) is 0.321. The number of nitrogens with zero attached hydrogens (tertiary/aromatic N) is 5. The summed E-state index contributed by atoms with van der Waals surface area (Å²) in [5, 5.41) is 0. The van der Waals surface area contributed by atoms with E-state index in [0.717, 1.165) is 24.9 Å². The van der Waals surface area contributed by atoms with Crippen LogP contribution in [-0.2, 0) is 13.1 Å². The lowest BCUT2D eigenvalue weighted by atomic mass is 10.1. The molecule has 3 heterocycles. The molecular formula is C28H30N6O3. The van der Waals surface area contributed by atoms with Crippen molar-refractivity contribution >= 4 is 17.1 Å². The van der Waals surface area contributed by atoms with Crippen LogP contribution in [0.25, 0.3) is 16.9 Å². The second kappa shape index (κ2) is 10.4. The third-order valence-electron chi connectivity index (χ3n) is 6.65. The fourth-order valence-corrected chi connectivity index (χ4v) is 4.87. The Labute approximate surface area is 214 Å². The topological polar surface area (TPSA) is 100 Å². The number of hydrogen-bond donors (Lipinski definition) is 1. The van der Waals surface area contributed by atoms with Gasteiger partial charge in [-0.1, -0.05) is 36.3 Å². The number of nitrogens with two attached hydrogens (primary N) is 1. The van der Waals surface area contributed by atoms with Gasteiger partial charge in [-0.05, 0) is 49.6 Å². The van der Waals surface area contributed by atoms with Crippen LogP contribution < -0.4 is 26.6 Å². The molecule has 0 bridgehead atoms. The molecule has 9 nitrogen and oxygen atoms in total. The lowest BCUT2D eigenvalue weighted by Gasteiger charge is -2.31. The van der Waals surface area contributed by atoms with Crippen LogP contribution in [0.1, 0.15) is 25.3 Å². The van der Waals surface area contributed by atoms with E-state index in [9.17, 15) is 9.59 Å². The van der Waals surface area contributed by atoms with E-state index in [4.69, 9.17) is 15.5 Å². The predicted molar refractivity (Wildman–Crippen MR) is 145 cm³/mol. The molecule has 37 heavy (non-hydrogen) atoms. The molecule has 2 aromatic carbocycles. The largest absolute Gasteiger partial charge is 0.497 e. The van der Waals surface area contributed by atoms with Gasteiger partial charge in [-0.2, -0.15) is 4.98 Å². The summed E-state index contributed by atoms with van der Waals surface area (Å²) in [6, 6.07) is 16.6. The number of fused-ring (bicyclic) bond motifs is 1. The Morgan fingerprint density at radius 3 is 2.65 bits per heavy atom. The van der Waals surface area contributed by atoms with Gasteiger partial charge in [0.2, 0.25) is 5.95 Å². The SMILES string of the molecule is CC#CCn1c(N2CCC[C@@H](N)C2)nc2c1c(=O)n(Cc1cccc(OC)c1)c(=O)n2-c1ccccc1. The summed E-state index contributed by atoms with van der Waals surface area (Å²) in [5.74, 6) is 7.26. The smallest absolute Gasteiger partial charge is 0.337 e. The highest BCUT2D eigenvalue weighted by molar-refractivity contribution is 5.76. The zero-order chi connectivity index (χ0) is 25.9. The summed E-state index contributed by atoms with van der Waals surface area (Å²) < 4.78 is 9.94. The minimum absolute atomic E-state index is 0.0142. The van der Waals surface area contributed by atoms with E-state index in [1.165, 1.54) is 9.13 Å². The van der Waals surface area contributed by atoms with E-state index in [2.05, 4.69) is 16.7 Å². The summed E-state index contributed by atoms with van der Waals surface area (Å²) >= 11 is 0. The Morgan fingerprint density at radius 2 is 1.92 bits per heavy atom. The van der Waals surface area contributed by atoms with E-state index in [1.807, 2.05) is 59.2 Å². The lowest BCUT2D eigenvalue weighted by Crippen LogP contribution is -2.44. The molecule has 1 aliphatic heterocycles. The maximum Gasteiger partial charge on any atom is 0.337 e. The Bertz CT molecular complexity index is 1610. The van der Waals surface area contributed by atoms with Gasteiger partial charge in [0.05, 0.1) is 25.9 Å². The van der Waals surface area contributed by atoms with Crippen molar-refractivity contribution in [2.24, 2.45) is 5.73 Å². The Hall–Kier alpha value is -4.29. The van der Waals surface area contributed by atoms with Gasteiger partial charge in [0.1, 0.15) is 5.75 Å². The highest BCUT2D eigenvalue weighted by Gasteiger charge is 2.27. The van der Waals surface area contributed by atoms with E-state index in [0.29, 0.717) is 35.1 Å². The second-order valence-electron chi connectivity index (χ2n) is 9.14. The van der Waals surface area contributed by atoms with E-state index < -0.39 is 11.2 Å². The minimum atomic E-state index is -0.459. The minimum Gasteiger partial charge on any atom is -0.497 e. The van der Waals surface area contributed by atoms with Crippen LogP contribution in [-0.4, -0.2) is 44.9 Å². The van der Waals surface area contributed by atoms with Crippen molar-refractivity contribution in [3.63, 3.8) is 0 Å². The maximum absolute atomic E-state index is 14.0. The van der Waals surface area contributed by atoms with Gasteiger partial charge in [0, 0.05) is 19.1 Å². The van der Waals surface area contributed by atoms with Crippen LogP contribution in [0.4, 0.5) is 5.95 Å². The van der Waals surface area contributed by atoms with Gasteiger partial charge in [0.25, 0.3) is 5.56 Å². The molecule has 9 heteroatoms. The van der Waals surface area contributed by atoms with Crippen LogP contribution in [0.3, 0.4) is 0 Å². The zero-order valence-corrected chi connectivity index (χ0v) is 21.1. The first-order valence-electron chi connectivity index (χ1n) is 12.4. The number of anilines is 1. The Morgan fingerprint density at radius 1 is 1.11 bits per heavy atom. The number of aromatic nitrogens is 4. The van der Waals surface area contributed by atoms with Gasteiger partial charge in [0.15, 0.2) is 11.2 Å². The van der Waals surface area contributed by atoms with Crippen LogP contribution >= 0.6 is 0 Å². The molecule has 1 atom stereocenters. The number of methoxy groups -OCH3 is 1. The molecule has 0 radical (unpaired) electrons. The van der Waals surface area contributed by atoms with Gasteiger partial charge in [-0.3, -0.25) is 13.9 Å². The predicted octanol–water partition coefficient (Wildman–Crippen LogP) is 2.36. The highest BCUT2D eigenvalue weighted by atomic mass is 16.5. The van der Waals surface area contributed by atoms with Crippen molar-refractivity contribution < 1.29 is 4.74 Å². The average molecular weight is 499 g/mol. The molecule has 1 aliphatic rings. The summed E-state index contributed by atoms with van der Waals surface area (Å²) in [5.41, 5.74) is 7.47. The highest BCUT2D eigenvalue weighted by Crippen LogP contribution is 2.24. The molecule has 1 fully saturated rings. The molecule has 0 saturated carbocycles. The summed E-state index contributed by atoms with van der Waals surface area (Å²) in [7, 11) is 1.58. The van der Waals surface area contributed by atoms with Crippen LogP contribution in [0.5, 0.6) is 5.75 Å². The first-order valence-corrected chi connectivity index (χ1v) is 12.4. The van der Waals surface area contributed by atoms with Crippen LogP contribution in [0.2, 0.25) is 0 Å². The second-order valence-corrected chi connectivity index (χ2v) is 9.14.